The molecule has 0 aromatic carbocycles. The highest BCUT2D eigenvalue weighted by atomic mass is 16.5. The van der Waals surface area contributed by atoms with Gasteiger partial charge in [0.1, 0.15) is 0 Å². The normalized spacial score (nSPS) is 31.6. The van der Waals surface area contributed by atoms with Crippen molar-refractivity contribution in [1.29, 1.82) is 0 Å². The van der Waals surface area contributed by atoms with E-state index in [9.17, 15) is 0 Å². The van der Waals surface area contributed by atoms with Crippen LogP contribution in [-0.4, -0.2) is 67.8 Å². The highest BCUT2D eigenvalue weighted by Crippen LogP contribution is 2.18. The molecule has 0 saturated carbocycles. The van der Waals surface area contributed by atoms with Gasteiger partial charge in [0.15, 0.2) is 0 Å². The van der Waals surface area contributed by atoms with Crippen molar-refractivity contribution < 1.29 is 4.74 Å². The summed E-state index contributed by atoms with van der Waals surface area (Å²) < 4.78 is 5.41. The molecule has 4 heteroatoms. The van der Waals surface area contributed by atoms with E-state index < -0.39 is 0 Å². The van der Waals surface area contributed by atoms with Gasteiger partial charge in [0, 0.05) is 38.3 Å². The lowest BCUT2D eigenvalue weighted by molar-refractivity contribution is 0.0182. The van der Waals surface area contributed by atoms with Crippen molar-refractivity contribution in [2.24, 2.45) is 11.7 Å². The molecular weight excluding hydrogens is 214 g/mol. The number of nitrogens with two attached hydrogens (primary N) is 1. The van der Waals surface area contributed by atoms with Gasteiger partial charge in [0.2, 0.25) is 0 Å². The topological polar surface area (TPSA) is 41.7 Å². The van der Waals surface area contributed by atoms with Gasteiger partial charge in [-0.15, -0.1) is 0 Å². The van der Waals surface area contributed by atoms with Crippen LogP contribution in [0.1, 0.15) is 20.3 Å². The van der Waals surface area contributed by atoms with Crippen molar-refractivity contribution in [3.05, 3.63) is 0 Å². The molecule has 3 unspecified atom stereocenters. The van der Waals surface area contributed by atoms with Crippen LogP contribution in [0.25, 0.3) is 0 Å². The smallest absolute Gasteiger partial charge is 0.0594 e. The molecule has 2 N–H and O–H groups in total. The zero-order chi connectivity index (χ0) is 12.3. The molecule has 2 saturated heterocycles. The van der Waals surface area contributed by atoms with Crippen molar-refractivity contribution in [2.45, 2.75) is 32.4 Å². The predicted octanol–water partition coefficient (Wildman–Crippen LogP) is 0.376. The van der Waals surface area contributed by atoms with Crippen LogP contribution in [0.4, 0.5) is 0 Å². The van der Waals surface area contributed by atoms with E-state index >= 15 is 0 Å². The van der Waals surface area contributed by atoms with E-state index in [0.29, 0.717) is 12.0 Å². The molecule has 0 spiro atoms. The van der Waals surface area contributed by atoms with Gasteiger partial charge in [-0.05, 0) is 25.8 Å². The Hall–Kier alpha value is -0.160. The lowest BCUT2D eigenvalue weighted by atomic mass is 10.0. The first-order valence-corrected chi connectivity index (χ1v) is 6.96. The van der Waals surface area contributed by atoms with Gasteiger partial charge in [0.25, 0.3) is 0 Å². The number of nitrogens with zero attached hydrogens (tertiary/aromatic N) is 2. The number of ether oxygens (including phenoxy) is 1. The number of hydrogen-bond acceptors (Lipinski definition) is 4. The highest BCUT2D eigenvalue weighted by molar-refractivity contribution is 4.85. The molecule has 0 amide bonds. The van der Waals surface area contributed by atoms with Gasteiger partial charge in [-0.1, -0.05) is 6.92 Å². The fourth-order valence-electron chi connectivity index (χ4n) is 2.79. The molecule has 2 heterocycles. The summed E-state index contributed by atoms with van der Waals surface area (Å²) in [5, 5.41) is 0. The molecule has 4 nitrogen and oxygen atoms in total. The number of rotatable bonds is 4. The van der Waals surface area contributed by atoms with Crippen molar-refractivity contribution in [3.63, 3.8) is 0 Å². The maximum Gasteiger partial charge on any atom is 0.0594 e. The van der Waals surface area contributed by atoms with E-state index in [0.717, 1.165) is 38.9 Å². The maximum atomic E-state index is 5.94. The second-order valence-electron chi connectivity index (χ2n) is 5.69. The zero-order valence-electron chi connectivity index (χ0n) is 11.3. The largest absolute Gasteiger partial charge is 0.379 e. The minimum absolute atomic E-state index is 0.303. The molecule has 2 rings (SSSR count). The van der Waals surface area contributed by atoms with Crippen molar-refractivity contribution in [2.75, 3.05) is 45.9 Å². The fraction of sp³-hybridized carbons (Fsp3) is 1.00. The van der Waals surface area contributed by atoms with Gasteiger partial charge in [0.05, 0.1) is 13.2 Å². The number of morpholine rings is 1. The Balaban J connectivity index is 1.74. The molecule has 0 bridgehead atoms. The summed E-state index contributed by atoms with van der Waals surface area (Å²) in [5.41, 5.74) is 5.94. The maximum absolute atomic E-state index is 5.94. The molecule has 0 aromatic rings. The second-order valence-corrected chi connectivity index (χ2v) is 5.69. The summed E-state index contributed by atoms with van der Waals surface area (Å²) in [6, 6.07) is 1.05. The lowest BCUT2D eigenvalue weighted by Crippen LogP contribution is -2.45. The monoisotopic (exact) mass is 241 g/mol. The molecular formula is C13H27N3O. The van der Waals surface area contributed by atoms with Crippen LogP contribution in [0.3, 0.4) is 0 Å². The van der Waals surface area contributed by atoms with Crippen molar-refractivity contribution in [3.8, 4) is 0 Å². The molecule has 3 atom stereocenters. The summed E-state index contributed by atoms with van der Waals surface area (Å²) in [5.74, 6) is 0.596. The molecule has 0 aromatic heterocycles. The average Bonchev–Trinajstić information content (AvgIpc) is 2.78. The van der Waals surface area contributed by atoms with Crippen LogP contribution < -0.4 is 5.73 Å². The summed E-state index contributed by atoms with van der Waals surface area (Å²) in [6.07, 6.45) is 1.31. The summed E-state index contributed by atoms with van der Waals surface area (Å²) in [6.45, 7) is 12.0. The SMILES string of the molecule is CC(N)C(C)CN1CCC(N2CCOCC2)C1. The second kappa shape index (κ2) is 6.14. The third kappa shape index (κ3) is 3.65. The van der Waals surface area contributed by atoms with Crippen LogP contribution in [0, 0.1) is 5.92 Å². The Labute approximate surface area is 105 Å². The number of likely N-dealkylation sites (tertiary alicyclic amines) is 1. The van der Waals surface area contributed by atoms with Crippen molar-refractivity contribution >= 4 is 0 Å². The van der Waals surface area contributed by atoms with E-state index in [2.05, 4.69) is 23.6 Å². The quantitative estimate of drug-likeness (QED) is 0.772. The van der Waals surface area contributed by atoms with E-state index in [-0.39, 0.29) is 0 Å². The van der Waals surface area contributed by atoms with Gasteiger partial charge in [-0.2, -0.15) is 0 Å². The van der Waals surface area contributed by atoms with E-state index in [4.69, 9.17) is 10.5 Å². The summed E-state index contributed by atoms with van der Waals surface area (Å²) >= 11 is 0. The standard InChI is InChI=1S/C13H27N3O/c1-11(12(2)14)9-15-4-3-13(10-15)16-5-7-17-8-6-16/h11-13H,3-10,14H2,1-2H3. The Kier molecular flexibility index (Phi) is 4.79. The minimum Gasteiger partial charge on any atom is -0.379 e. The Bertz CT molecular complexity index is 229. The van der Waals surface area contributed by atoms with Gasteiger partial charge >= 0.3 is 0 Å². The predicted molar refractivity (Wildman–Crippen MR) is 70.1 cm³/mol. The Morgan fingerprint density at radius 1 is 1.24 bits per heavy atom. The third-order valence-electron chi connectivity index (χ3n) is 4.25. The first-order chi connectivity index (χ1) is 8.16. The molecule has 2 aliphatic rings. The summed E-state index contributed by atoms with van der Waals surface area (Å²) in [7, 11) is 0. The van der Waals surface area contributed by atoms with E-state index in [1.807, 2.05) is 0 Å². The molecule has 0 aliphatic carbocycles. The molecule has 100 valence electrons. The minimum atomic E-state index is 0.303. The molecule has 0 radical (unpaired) electrons. The molecule has 2 fully saturated rings. The van der Waals surface area contributed by atoms with Gasteiger partial charge in [-0.3, -0.25) is 4.90 Å². The highest BCUT2D eigenvalue weighted by Gasteiger charge is 2.29. The van der Waals surface area contributed by atoms with E-state index in [1.54, 1.807) is 0 Å². The van der Waals surface area contributed by atoms with Gasteiger partial charge in [-0.25, -0.2) is 0 Å². The average molecular weight is 241 g/mol. The van der Waals surface area contributed by atoms with E-state index in [1.165, 1.54) is 19.5 Å². The molecule has 2 aliphatic heterocycles. The Morgan fingerprint density at radius 3 is 2.59 bits per heavy atom. The van der Waals surface area contributed by atoms with Crippen LogP contribution in [0.2, 0.25) is 0 Å². The zero-order valence-corrected chi connectivity index (χ0v) is 11.3. The lowest BCUT2D eigenvalue weighted by Gasteiger charge is -2.32. The number of hydrogen-bond donors (Lipinski definition) is 1. The first kappa shape index (κ1) is 13.3. The molecule has 17 heavy (non-hydrogen) atoms. The van der Waals surface area contributed by atoms with Gasteiger partial charge < -0.3 is 15.4 Å². The fourth-order valence-corrected chi connectivity index (χ4v) is 2.79. The van der Waals surface area contributed by atoms with Crippen molar-refractivity contribution in [1.82, 2.24) is 9.80 Å². The van der Waals surface area contributed by atoms with Crippen LogP contribution >= 0.6 is 0 Å². The van der Waals surface area contributed by atoms with Crippen LogP contribution in [-0.2, 0) is 4.74 Å². The first-order valence-electron chi connectivity index (χ1n) is 6.96. The Morgan fingerprint density at radius 2 is 1.94 bits per heavy atom. The van der Waals surface area contributed by atoms with Crippen LogP contribution in [0.15, 0.2) is 0 Å². The van der Waals surface area contributed by atoms with Crippen LogP contribution in [0.5, 0.6) is 0 Å². The summed E-state index contributed by atoms with van der Waals surface area (Å²) in [4.78, 5) is 5.17. The third-order valence-corrected chi connectivity index (χ3v) is 4.25.